The largest absolute Gasteiger partial charge is 0.496 e. The number of carbonyl (C=O) groups excluding carboxylic acids is 2. The number of benzene rings is 2. The Kier molecular flexibility index (Phi) is 8.42. The summed E-state index contributed by atoms with van der Waals surface area (Å²) in [7, 11) is 1.63. The Hall–Kier alpha value is -3.69. The molecule has 0 spiro atoms. The van der Waals surface area contributed by atoms with Gasteiger partial charge in [-0.3, -0.25) is 9.80 Å². The molecule has 2 amide bonds. The van der Waals surface area contributed by atoms with Crippen molar-refractivity contribution in [3.05, 3.63) is 63.7 Å². The Morgan fingerprint density at radius 2 is 1.80 bits per heavy atom. The standard InChI is InChI=1S/C35H43F3N2O5/c1-20-13-23(15-25(14-20)35(36,37)38)30-21(2)40(31(41)44-30)19-24-18-34(6,7)11-9-26(24)27-17-28-22(16-29(27)43-8)10-12-39(28)32(42)45-33(3,4)5/h13-17,21,30H,9-12,18-19H2,1-8H3/t21-,30-/m0/s1. The minimum Gasteiger partial charge on any atom is -0.496 e. The van der Waals surface area contributed by atoms with Crippen molar-refractivity contribution in [3.8, 4) is 5.75 Å². The molecule has 10 heteroatoms. The van der Waals surface area contributed by atoms with Crippen molar-refractivity contribution >= 4 is 23.4 Å². The quantitative estimate of drug-likeness (QED) is 0.331. The minimum atomic E-state index is -4.51. The lowest BCUT2D eigenvalue weighted by atomic mass is 9.72. The maximum Gasteiger partial charge on any atom is 0.416 e. The van der Waals surface area contributed by atoms with Gasteiger partial charge >= 0.3 is 18.4 Å². The van der Waals surface area contributed by atoms with Gasteiger partial charge in [-0.15, -0.1) is 0 Å². The summed E-state index contributed by atoms with van der Waals surface area (Å²) >= 11 is 0. The van der Waals surface area contributed by atoms with Gasteiger partial charge in [-0.05, 0) is 112 Å². The van der Waals surface area contributed by atoms with Crippen molar-refractivity contribution < 1.29 is 37.0 Å². The Morgan fingerprint density at radius 1 is 1.09 bits per heavy atom. The lowest BCUT2D eigenvalue weighted by Gasteiger charge is -2.36. The van der Waals surface area contributed by atoms with E-state index in [0.717, 1.165) is 52.9 Å². The summed E-state index contributed by atoms with van der Waals surface area (Å²) in [6.45, 7) is 14.1. The molecule has 244 valence electrons. The number of methoxy groups -OCH3 is 1. The molecule has 3 aliphatic rings. The maximum atomic E-state index is 13.6. The summed E-state index contributed by atoms with van der Waals surface area (Å²) in [6, 6.07) is 7.30. The van der Waals surface area contributed by atoms with Crippen molar-refractivity contribution in [2.75, 3.05) is 25.1 Å². The summed E-state index contributed by atoms with van der Waals surface area (Å²) in [5, 5.41) is 0. The number of nitrogens with zero attached hydrogens (tertiary/aromatic N) is 2. The second kappa shape index (κ2) is 11.6. The number of allylic oxidation sites excluding steroid dienone is 1. The van der Waals surface area contributed by atoms with Gasteiger partial charge in [-0.25, -0.2) is 9.59 Å². The molecular weight excluding hydrogens is 585 g/mol. The number of alkyl halides is 3. The molecule has 2 aromatic carbocycles. The lowest BCUT2D eigenvalue weighted by Crippen LogP contribution is -2.36. The van der Waals surface area contributed by atoms with Crippen LogP contribution in [0.2, 0.25) is 0 Å². The highest BCUT2D eigenvalue weighted by Gasteiger charge is 2.43. The van der Waals surface area contributed by atoms with Gasteiger partial charge in [0.1, 0.15) is 17.5 Å². The van der Waals surface area contributed by atoms with Crippen molar-refractivity contribution in [3.63, 3.8) is 0 Å². The van der Waals surface area contributed by atoms with Crippen LogP contribution in [0.5, 0.6) is 5.75 Å². The molecule has 0 saturated carbocycles. The predicted molar refractivity (Wildman–Crippen MR) is 166 cm³/mol. The third-order valence-corrected chi connectivity index (χ3v) is 8.91. The van der Waals surface area contributed by atoms with E-state index in [1.807, 2.05) is 39.8 Å². The van der Waals surface area contributed by atoms with Crippen LogP contribution in [0.25, 0.3) is 5.57 Å². The highest BCUT2D eigenvalue weighted by atomic mass is 19.4. The lowest BCUT2D eigenvalue weighted by molar-refractivity contribution is -0.137. The van der Waals surface area contributed by atoms with E-state index in [0.29, 0.717) is 36.3 Å². The monoisotopic (exact) mass is 628 g/mol. The Morgan fingerprint density at radius 3 is 2.44 bits per heavy atom. The van der Waals surface area contributed by atoms with Gasteiger partial charge in [-0.1, -0.05) is 25.5 Å². The van der Waals surface area contributed by atoms with Crippen molar-refractivity contribution in [2.45, 2.75) is 98.1 Å². The molecule has 0 radical (unpaired) electrons. The van der Waals surface area contributed by atoms with Crippen molar-refractivity contribution in [1.82, 2.24) is 4.90 Å². The molecule has 2 heterocycles. The first-order valence-corrected chi connectivity index (χ1v) is 15.5. The Balaban J connectivity index is 1.51. The number of hydrogen-bond acceptors (Lipinski definition) is 5. The first kappa shape index (κ1) is 32.7. The zero-order valence-corrected chi connectivity index (χ0v) is 27.4. The van der Waals surface area contributed by atoms with Crippen molar-refractivity contribution in [1.29, 1.82) is 0 Å². The molecule has 0 bridgehead atoms. The van der Waals surface area contributed by atoms with E-state index >= 15 is 0 Å². The van der Waals surface area contributed by atoms with Crippen LogP contribution in [0.4, 0.5) is 28.4 Å². The van der Waals surface area contributed by atoms with E-state index in [1.54, 1.807) is 29.9 Å². The fourth-order valence-corrected chi connectivity index (χ4v) is 6.72. The maximum absolute atomic E-state index is 13.6. The highest BCUT2D eigenvalue weighted by molar-refractivity contribution is 5.92. The van der Waals surface area contributed by atoms with Crippen LogP contribution in [0, 0.1) is 12.3 Å². The topological polar surface area (TPSA) is 68.3 Å². The van der Waals surface area contributed by atoms with Gasteiger partial charge in [0.2, 0.25) is 0 Å². The molecule has 2 aromatic rings. The first-order chi connectivity index (χ1) is 20.9. The second-order valence-electron chi connectivity index (χ2n) is 14.3. The van der Waals surface area contributed by atoms with Crippen molar-refractivity contribution in [2.24, 2.45) is 5.41 Å². The van der Waals surface area contributed by atoms with Crippen LogP contribution in [0.15, 0.2) is 35.9 Å². The van der Waals surface area contributed by atoms with Gasteiger partial charge in [0.25, 0.3) is 0 Å². The van der Waals surface area contributed by atoms with Crippen LogP contribution >= 0.6 is 0 Å². The van der Waals surface area contributed by atoms with Crippen LogP contribution in [0.1, 0.15) is 94.7 Å². The number of hydrogen-bond donors (Lipinski definition) is 0. The molecule has 0 N–H and O–H groups in total. The van der Waals surface area contributed by atoms with Crippen LogP contribution in [0.3, 0.4) is 0 Å². The first-order valence-electron chi connectivity index (χ1n) is 15.5. The van der Waals surface area contributed by atoms with Crippen LogP contribution in [-0.4, -0.2) is 48.9 Å². The molecule has 2 aliphatic heterocycles. The van der Waals surface area contributed by atoms with Gasteiger partial charge in [0.15, 0.2) is 0 Å². The van der Waals surface area contributed by atoms with Crippen LogP contribution in [-0.2, 0) is 22.1 Å². The van der Waals surface area contributed by atoms with E-state index in [-0.39, 0.29) is 12.0 Å². The normalized spacial score (nSPS) is 21.6. The molecule has 0 unspecified atom stereocenters. The molecule has 45 heavy (non-hydrogen) atoms. The zero-order valence-electron chi connectivity index (χ0n) is 27.4. The average Bonchev–Trinajstić information content (AvgIpc) is 3.46. The van der Waals surface area contributed by atoms with E-state index in [4.69, 9.17) is 14.2 Å². The number of ether oxygens (including phenoxy) is 3. The molecular formula is C35H43F3N2O5. The van der Waals surface area contributed by atoms with E-state index < -0.39 is 41.7 Å². The smallest absolute Gasteiger partial charge is 0.416 e. The highest BCUT2D eigenvalue weighted by Crippen LogP contribution is 2.48. The zero-order chi connectivity index (χ0) is 33.1. The summed E-state index contributed by atoms with van der Waals surface area (Å²) in [5.74, 6) is 0.696. The van der Waals surface area contributed by atoms with Crippen LogP contribution < -0.4 is 9.64 Å². The number of fused-ring (bicyclic) bond motifs is 1. The number of amides is 2. The minimum absolute atomic E-state index is 0.0320. The predicted octanol–water partition coefficient (Wildman–Crippen LogP) is 8.87. The molecule has 0 aromatic heterocycles. The summed E-state index contributed by atoms with van der Waals surface area (Å²) in [6.07, 6.45) is -3.27. The fourth-order valence-electron chi connectivity index (χ4n) is 6.72. The van der Waals surface area contributed by atoms with E-state index in [2.05, 4.69) is 13.8 Å². The molecule has 1 aliphatic carbocycles. The number of aryl methyl sites for hydroxylation is 1. The molecule has 7 nitrogen and oxygen atoms in total. The Labute approximate surface area is 263 Å². The third kappa shape index (κ3) is 6.79. The molecule has 2 atom stereocenters. The summed E-state index contributed by atoms with van der Waals surface area (Å²) < 4.78 is 58.1. The average molecular weight is 629 g/mol. The van der Waals surface area contributed by atoms with Gasteiger partial charge in [-0.2, -0.15) is 13.2 Å². The number of cyclic esters (lactones) is 1. The molecule has 1 fully saturated rings. The van der Waals surface area contributed by atoms with E-state index in [1.165, 1.54) is 0 Å². The van der Waals surface area contributed by atoms with E-state index in [9.17, 15) is 22.8 Å². The number of halogens is 3. The SMILES string of the molecule is COc1cc2c(cc1C1=C(CN3C(=O)O[C@H](c4cc(C)cc(C(F)(F)F)c4)[C@@H]3C)CC(C)(C)CC1)N(C(=O)OC(C)(C)C)CC2. The fraction of sp³-hybridized carbons (Fsp3) is 0.543. The summed E-state index contributed by atoms with van der Waals surface area (Å²) in [4.78, 5) is 29.7. The summed E-state index contributed by atoms with van der Waals surface area (Å²) in [5.41, 5.74) is 4.07. The number of rotatable bonds is 5. The van der Waals surface area contributed by atoms with Gasteiger partial charge in [0.05, 0.1) is 24.4 Å². The molecule has 1 saturated heterocycles. The number of anilines is 1. The third-order valence-electron chi connectivity index (χ3n) is 8.91. The second-order valence-corrected chi connectivity index (χ2v) is 14.3. The van der Waals surface area contributed by atoms with Gasteiger partial charge < -0.3 is 14.2 Å². The number of carbonyl (C=O) groups is 2. The van der Waals surface area contributed by atoms with Gasteiger partial charge in [0, 0.05) is 18.7 Å². The molecule has 5 rings (SSSR count). The Bertz CT molecular complexity index is 1540.